The second-order valence-electron chi connectivity index (χ2n) is 7.78. The molecule has 0 atom stereocenters. The summed E-state index contributed by atoms with van der Waals surface area (Å²) in [6.45, 7) is 0. The number of aryl methyl sites for hydroxylation is 1. The number of H-pyrrole nitrogens is 1. The van der Waals surface area contributed by atoms with Crippen LogP contribution in [0, 0.1) is 0 Å². The largest absolute Gasteiger partial charge is 0.397 e. The molecule has 162 valence electrons. The quantitative estimate of drug-likeness (QED) is 0.363. The number of aromatic nitrogens is 3. The van der Waals surface area contributed by atoms with Crippen LogP contribution in [-0.2, 0) is 7.05 Å². The van der Waals surface area contributed by atoms with Crippen molar-refractivity contribution in [3.63, 3.8) is 0 Å². The Labute approximate surface area is 189 Å². The fourth-order valence-electron chi connectivity index (χ4n) is 3.85. The van der Waals surface area contributed by atoms with E-state index in [9.17, 15) is 9.59 Å². The second kappa shape index (κ2) is 8.12. The molecule has 0 saturated heterocycles. The number of rotatable bonds is 4. The molecule has 0 aliphatic carbocycles. The molecule has 5 aromatic rings. The molecule has 0 spiro atoms. The van der Waals surface area contributed by atoms with Crippen molar-refractivity contribution in [1.82, 2.24) is 14.5 Å². The fraction of sp³-hybridized carbons (Fsp3) is 0.0385. The number of pyridine rings is 2. The minimum Gasteiger partial charge on any atom is -0.397 e. The molecule has 5 rings (SSSR count). The third kappa shape index (κ3) is 3.76. The number of carbonyl (C=O) groups is 1. The van der Waals surface area contributed by atoms with Gasteiger partial charge in [-0.05, 0) is 35.4 Å². The van der Waals surface area contributed by atoms with Crippen LogP contribution < -0.4 is 16.6 Å². The van der Waals surface area contributed by atoms with Crippen molar-refractivity contribution in [2.75, 3.05) is 11.1 Å². The highest BCUT2D eigenvalue weighted by molar-refractivity contribution is 6.05. The standard InChI is InChI=1S/C26H21N5O2/c1-31-15-20(19-11-12-28-24(19)26(31)33)18-8-10-22(29-14-18)25(32)30-23-13-17(7-9-21(23)27)16-5-3-2-4-6-16/h2-15,28H,27H2,1H3,(H,30,32). The zero-order valence-corrected chi connectivity index (χ0v) is 17.9. The monoisotopic (exact) mass is 435 g/mol. The molecule has 0 fully saturated rings. The van der Waals surface area contributed by atoms with Gasteiger partial charge in [-0.25, -0.2) is 0 Å². The van der Waals surface area contributed by atoms with E-state index in [1.165, 1.54) is 4.57 Å². The molecule has 0 aliphatic rings. The Morgan fingerprint density at radius 1 is 1.00 bits per heavy atom. The zero-order chi connectivity index (χ0) is 22.9. The summed E-state index contributed by atoms with van der Waals surface area (Å²) in [7, 11) is 1.70. The number of anilines is 2. The smallest absolute Gasteiger partial charge is 0.274 e. The van der Waals surface area contributed by atoms with Crippen LogP contribution in [0.4, 0.5) is 11.4 Å². The molecule has 2 aromatic carbocycles. The molecular formula is C26H21N5O2. The Balaban J connectivity index is 1.42. The van der Waals surface area contributed by atoms with Crippen LogP contribution in [0.25, 0.3) is 33.2 Å². The molecule has 7 nitrogen and oxygen atoms in total. The predicted octanol–water partition coefficient (Wildman–Crippen LogP) is 4.43. The molecule has 0 saturated carbocycles. The predicted molar refractivity (Wildman–Crippen MR) is 131 cm³/mol. The van der Waals surface area contributed by atoms with Gasteiger partial charge in [0.15, 0.2) is 0 Å². The van der Waals surface area contributed by atoms with Gasteiger partial charge in [-0.3, -0.25) is 14.6 Å². The van der Waals surface area contributed by atoms with Crippen LogP contribution in [0.5, 0.6) is 0 Å². The first kappa shape index (κ1) is 20.3. The average Bonchev–Trinajstić information content (AvgIpc) is 3.34. The Morgan fingerprint density at radius 3 is 2.55 bits per heavy atom. The number of aromatic amines is 1. The van der Waals surface area contributed by atoms with Gasteiger partial charge in [0.25, 0.3) is 11.5 Å². The van der Waals surface area contributed by atoms with Gasteiger partial charge in [0.1, 0.15) is 11.2 Å². The number of nitrogens with two attached hydrogens (primary N) is 1. The lowest BCUT2D eigenvalue weighted by Crippen LogP contribution is -2.16. The van der Waals surface area contributed by atoms with E-state index >= 15 is 0 Å². The van der Waals surface area contributed by atoms with Crippen LogP contribution in [0.1, 0.15) is 10.5 Å². The summed E-state index contributed by atoms with van der Waals surface area (Å²) in [4.78, 5) is 32.5. The maximum Gasteiger partial charge on any atom is 0.274 e. The minimum absolute atomic E-state index is 0.0990. The van der Waals surface area contributed by atoms with Crippen LogP contribution in [0.2, 0.25) is 0 Å². The fourth-order valence-corrected chi connectivity index (χ4v) is 3.85. The van der Waals surface area contributed by atoms with Crippen molar-refractivity contribution >= 4 is 28.2 Å². The lowest BCUT2D eigenvalue weighted by atomic mass is 10.0. The maximum absolute atomic E-state index is 12.9. The van der Waals surface area contributed by atoms with Gasteiger partial charge in [-0.2, -0.15) is 0 Å². The van der Waals surface area contributed by atoms with Crippen molar-refractivity contribution < 1.29 is 4.79 Å². The molecule has 0 aliphatic heterocycles. The molecule has 4 N–H and O–H groups in total. The first-order valence-electron chi connectivity index (χ1n) is 10.4. The van der Waals surface area contributed by atoms with Crippen LogP contribution >= 0.6 is 0 Å². The summed E-state index contributed by atoms with van der Waals surface area (Å²) < 4.78 is 1.53. The van der Waals surface area contributed by atoms with Gasteiger partial charge >= 0.3 is 0 Å². The molecule has 7 heteroatoms. The van der Waals surface area contributed by atoms with Crippen molar-refractivity contribution in [3.05, 3.63) is 101 Å². The normalized spacial score (nSPS) is 10.9. The summed E-state index contributed by atoms with van der Waals surface area (Å²) in [6.07, 6.45) is 5.13. The first-order valence-corrected chi connectivity index (χ1v) is 10.4. The van der Waals surface area contributed by atoms with E-state index in [4.69, 9.17) is 5.73 Å². The van der Waals surface area contributed by atoms with Crippen molar-refractivity contribution in [2.45, 2.75) is 0 Å². The van der Waals surface area contributed by atoms with Gasteiger partial charge in [-0.1, -0.05) is 42.5 Å². The number of nitrogen functional groups attached to an aromatic ring is 1. The van der Waals surface area contributed by atoms with E-state index in [2.05, 4.69) is 15.3 Å². The van der Waals surface area contributed by atoms with E-state index in [0.29, 0.717) is 16.9 Å². The van der Waals surface area contributed by atoms with Crippen molar-refractivity contribution in [2.24, 2.45) is 7.05 Å². The number of nitrogens with zero attached hydrogens (tertiary/aromatic N) is 2. The van der Waals surface area contributed by atoms with E-state index in [1.807, 2.05) is 54.6 Å². The lowest BCUT2D eigenvalue weighted by Gasteiger charge is -2.11. The van der Waals surface area contributed by atoms with E-state index < -0.39 is 0 Å². The highest BCUT2D eigenvalue weighted by atomic mass is 16.2. The molecule has 0 radical (unpaired) electrons. The van der Waals surface area contributed by atoms with Gasteiger partial charge in [0.2, 0.25) is 0 Å². The zero-order valence-electron chi connectivity index (χ0n) is 17.9. The Hall–Kier alpha value is -4.65. The van der Waals surface area contributed by atoms with Gasteiger partial charge in [-0.15, -0.1) is 0 Å². The van der Waals surface area contributed by atoms with E-state index in [1.54, 1.807) is 37.8 Å². The minimum atomic E-state index is -0.356. The SMILES string of the molecule is Cn1cc(-c2ccc(C(=O)Nc3cc(-c4ccccc4)ccc3N)nc2)c2cc[nH]c2c1=O. The Kier molecular flexibility index (Phi) is 4.99. The third-order valence-electron chi connectivity index (χ3n) is 5.61. The van der Waals surface area contributed by atoms with Crippen molar-refractivity contribution in [1.29, 1.82) is 0 Å². The number of nitrogens with one attached hydrogen (secondary N) is 2. The molecule has 3 aromatic heterocycles. The van der Waals surface area contributed by atoms with E-state index in [0.717, 1.165) is 27.6 Å². The van der Waals surface area contributed by atoms with Crippen molar-refractivity contribution in [3.8, 4) is 22.3 Å². The van der Waals surface area contributed by atoms with Crippen LogP contribution in [-0.4, -0.2) is 20.4 Å². The number of hydrogen-bond acceptors (Lipinski definition) is 4. The third-order valence-corrected chi connectivity index (χ3v) is 5.61. The molecular weight excluding hydrogens is 414 g/mol. The summed E-state index contributed by atoms with van der Waals surface area (Å²) in [5.41, 5.74) is 11.4. The molecule has 0 unspecified atom stereocenters. The maximum atomic E-state index is 12.9. The molecule has 33 heavy (non-hydrogen) atoms. The number of hydrogen-bond donors (Lipinski definition) is 3. The lowest BCUT2D eigenvalue weighted by molar-refractivity contribution is 0.102. The van der Waals surface area contributed by atoms with Gasteiger partial charge < -0.3 is 20.6 Å². The van der Waals surface area contributed by atoms with E-state index in [-0.39, 0.29) is 17.2 Å². The summed E-state index contributed by atoms with van der Waals surface area (Å²) >= 11 is 0. The summed E-state index contributed by atoms with van der Waals surface area (Å²) in [5.74, 6) is -0.356. The number of fused-ring (bicyclic) bond motifs is 1. The molecule has 0 bridgehead atoms. The first-order chi connectivity index (χ1) is 16.0. The number of carbonyl (C=O) groups excluding carboxylic acids is 1. The number of amides is 1. The average molecular weight is 435 g/mol. The van der Waals surface area contributed by atoms with Crippen LogP contribution in [0.15, 0.2) is 90.1 Å². The van der Waals surface area contributed by atoms with Gasteiger partial charge in [0, 0.05) is 42.2 Å². The highest BCUT2D eigenvalue weighted by Crippen LogP contribution is 2.28. The molecule has 3 heterocycles. The topological polar surface area (TPSA) is 106 Å². The molecule has 1 amide bonds. The van der Waals surface area contributed by atoms with Gasteiger partial charge in [0.05, 0.1) is 11.4 Å². The summed E-state index contributed by atoms with van der Waals surface area (Å²) in [5, 5.41) is 3.67. The summed E-state index contributed by atoms with van der Waals surface area (Å²) in [6, 6.07) is 20.7. The highest BCUT2D eigenvalue weighted by Gasteiger charge is 2.14. The van der Waals surface area contributed by atoms with Crippen LogP contribution in [0.3, 0.4) is 0 Å². The number of benzene rings is 2. The Morgan fingerprint density at radius 2 is 1.79 bits per heavy atom. The Bertz CT molecular complexity index is 1530. The second-order valence-corrected chi connectivity index (χ2v) is 7.78.